The maximum absolute atomic E-state index is 14.2. The molecule has 0 radical (unpaired) electrons. The van der Waals surface area contributed by atoms with Gasteiger partial charge in [-0.05, 0) is 81.6 Å². The molecule has 0 fully saturated rings. The van der Waals surface area contributed by atoms with Crippen LogP contribution < -0.4 is 37.6 Å². The summed E-state index contributed by atoms with van der Waals surface area (Å²) in [6, 6.07) is 2.60. The SMILES string of the molecule is CCOCCOCCOCCOCCC(=O)N[C@H](C(=O)N[C@@H](CCCCN)C(=O)NCC(=O)Nc1cccc(C(C)(C)[C@H](NC)C(=O)N[C@H](C(=O)N(C)[C@H](/C=C(\C)C(=O)O)C(C)C)C(C)(C)C)c1)C(C)C. The van der Waals surface area contributed by atoms with E-state index in [1.807, 2.05) is 61.5 Å². The van der Waals surface area contributed by atoms with E-state index in [2.05, 4.69) is 31.9 Å². The summed E-state index contributed by atoms with van der Waals surface area (Å²) in [5.74, 6) is -4.43. The smallest absolute Gasteiger partial charge is 0.331 e. The number of amides is 6. The van der Waals surface area contributed by atoms with Gasteiger partial charge in [-0.25, -0.2) is 4.79 Å². The van der Waals surface area contributed by atoms with Gasteiger partial charge in [0.25, 0.3) is 0 Å². The molecule has 0 saturated heterocycles. The van der Waals surface area contributed by atoms with E-state index >= 15 is 0 Å². The number of carboxylic acids is 1. The van der Waals surface area contributed by atoms with Crippen LogP contribution in [0.1, 0.15) is 107 Å². The van der Waals surface area contributed by atoms with Crippen molar-refractivity contribution in [2.45, 2.75) is 137 Å². The van der Waals surface area contributed by atoms with Crippen LogP contribution in [0.4, 0.5) is 5.69 Å². The molecule has 6 amide bonds. The molecular weight excluding hydrogens is 917 g/mol. The van der Waals surface area contributed by atoms with E-state index < -0.39 is 83.1 Å². The van der Waals surface area contributed by atoms with Crippen molar-refractivity contribution >= 4 is 47.1 Å². The lowest BCUT2D eigenvalue weighted by Gasteiger charge is -2.40. The highest BCUT2D eigenvalue weighted by Crippen LogP contribution is 2.31. The highest BCUT2D eigenvalue weighted by atomic mass is 16.6. The van der Waals surface area contributed by atoms with Gasteiger partial charge < -0.3 is 66.6 Å². The minimum absolute atomic E-state index is 0.00739. The van der Waals surface area contributed by atoms with Crippen LogP contribution in [0.25, 0.3) is 0 Å². The lowest BCUT2D eigenvalue weighted by atomic mass is 9.76. The number of anilines is 1. The van der Waals surface area contributed by atoms with E-state index in [0.717, 1.165) is 0 Å². The minimum atomic E-state index is -1.09. The summed E-state index contributed by atoms with van der Waals surface area (Å²) < 4.78 is 21.6. The first-order valence-electron chi connectivity index (χ1n) is 24.8. The van der Waals surface area contributed by atoms with Crippen LogP contribution in [0.2, 0.25) is 0 Å². The molecule has 0 aliphatic heterocycles. The molecule has 71 heavy (non-hydrogen) atoms. The average molecular weight is 1010 g/mol. The third-order valence-electron chi connectivity index (χ3n) is 11.9. The Hall–Kier alpha value is -4.99. The number of hydrogen-bond acceptors (Lipinski definition) is 13. The van der Waals surface area contributed by atoms with Crippen molar-refractivity contribution in [3.63, 3.8) is 0 Å². The minimum Gasteiger partial charge on any atom is -0.478 e. The molecule has 0 aliphatic rings. The molecule has 0 aliphatic carbocycles. The third-order valence-corrected chi connectivity index (χ3v) is 11.9. The van der Waals surface area contributed by atoms with Crippen LogP contribution in [0.5, 0.6) is 0 Å². The van der Waals surface area contributed by atoms with Crippen molar-refractivity contribution in [2.75, 3.05) is 85.4 Å². The van der Waals surface area contributed by atoms with Crippen LogP contribution in [-0.4, -0.2) is 162 Å². The third kappa shape index (κ3) is 23.4. The number of carboxylic acid groups (broad SMARTS) is 1. The Kier molecular flexibility index (Phi) is 29.6. The van der Waals surface area contributed by atoms with Gasteiger partial charge in [0.1, 0.15) is 18.1 Å². The van der Waals surface area contributed by atoms with Crippen molar-refractivity contribution in [2.24, 2.45) is 23.0 Å². The molecule has 0 bridgehead atoms. The molecular formula is C51H88N8O12. The van der Waals surface area contributed by atoms with Crippen LogP contribution in [-0.2, 0) is 57.9 Å². The largest absolute Gasteiger partial charge is 0.478 e. The summed E-state index contributed by atoms with van der Waals surface area (Å²) in [5.41, 5.74) is 5.26. The fraction of sp³-hybridized carbons (Fsp3) is 0.706. The van der Waals surface area contributed by atoms with Gasteiger partial charge in [-0.2, -0.15) is 0 Å². The second-order valence-electron chi connectivity index (χ2n) is 19.9. The van der Waals surface area contributed by atoms with Gasteiger partial charge in [-0.15, -0.1) is 0 Å². The van der Waals surface area contributed by atoms with Gasteiger partial charge in [-0.1, -0.05) is 80.5 Å². The molecule has 0 heterocycles. The normalized spacial score (nSPS) is 14.2. The van der Waals surface area contributed by atoms with Crippen molar-refractivity contribution in [3.8, 4) is 0 Å². The molecule has 5 atom stereocenters. The van der Waals surface area contributed by atoms with Crippen molar-refractivity contribution in [1.82, 2.24) is 31.5 Å². The number of nitrogens with one attached hydrogen (secondary N) is 6. The second kappa shape index (κ2) is 32.9. The highest BCUT2D eigenvalue weighted by molar-refractivity contribution is 5.97. The fourth-order valence-electron chi connectivity index (χ4n) is 7.56. The molecule has 20 nitrogen and oxygen atoms in total. The van der Waals surface area contributed by atoms with Crippen LogP contribution >= 0.6 is 0 Å². The van der Waals surface area contributed by atoms with Gasteiger partial charge in [0, 0.05) is 36.8 Å². The van der Waals surface area contributed by atoms with Gasteiger partial charge in [0.2, 0.25) is 35.4 Å². The van der Waals surface area contributed by atoms with E-state index in [0.29, 0.717) is 70.3 Å². The zero-order chi connectivity index (χ0) is 53.9. The maximum Gasteiger partial charge on any atom is 0.331 e. The second-order valence-corrected chi connectivity index (χ2v) is 19.9. The number of carbonyl (C=O) groups excluding carboxylic acids is 6. The quantitative estimate of drug-likeness (QED) is 0.0359. The first kappa shape index (κ1) is 64.0. The summed E-state index contributed by atoms with van der Waals surface area (Å²) >= 11 is 0. The van der Waals surface area contributed by atoms with E-state index in [1.165, 1.54) is 11.8 Å². The monoisotopic (exact) mass is 1000 g/mol. The molecule has 0 aromatic heterocycles. The number of hydrogen-bond donors (Lipinski definition) is 8. The molecule has 0 spiro atoms. The van der Waals surface area contributed by atoms with E-state index in [-0.39, 0.29) is 49.4 Å². The number of benzene rings is 1. The zero-order valence-corrected chi connectivity index (χ0v) is 44.8. The first-order chi connectivity index (χ1) is 33.3. The number of unbranched alkanes of at least 4 members (excludes halogenated alkanes) is 1. The maximum atomic E-state index is 14.2. The fourth-order valence-corrected chi connectivity index (χ4v) is 7.56. The standard InChI is InChI=1S/C51H88N8O12/c1-14-68-24-25-70-28-29-71-27-26-69-23-21-40(60)57-42(34(4)5)46(63)56-38(20-15-16-22-52)45(62)54-32-41(61)55-37-19-17-18-36(31-37)51(10,11)43(53-12)47(64)58-44(50(7,8)9)48(65)59(13)39(33(2)3)30-35(6)49(66)67/h17-19,30-31,33-34,38-39,42-44,53H,14-16,20-29,32,52H2,1-13H3,(H,54,62)(H,55,61)(H,56,63)(H,57,60)(H,58,64)(H,66,67)/b35-30+/t38-,39+,42-,43+,44+/m0/s1. The molecule has 1 aromatic rings. The van der Waals surface area contributed by atoms with Gasteiger partial charge in [0.05, 0.1) is 64.9 Å². The highest BCUT2D eigenvalue weighted by Gasteiger charge is 2.42. The Morgan fingerprint density at radius 2 is 1.35 bits per heavy atom. The molecule has 404 valence electrons. The Labute approximate surface area is 422 Å². The first-order valence-corrected chi connectivity index (χ1v) is 24.8. The van der Waals surface area contributed by atoms with Gasteiger partial charge in [0.15, 0.2) is 0 Å². The molecule has 0 saturated carbocycles. The van der Waals surface area contributed by atoms with Gasteiger partial charge >= 0.3 is 5.97 Å². The summed E-state index contributed by atoms with van der Waals surface area (Å²) in [7, 11) is 3.24. The predicted octanol–water partition coefficient (Wildman–Crippen LogP) is 2.88. The number of ether oxygens (including phenoxy) is 4. The molecule has 0 unspecified atom stereocenters. The van der Waals surface area contributed by atoms with Crippen LogP contribution in [0, 0.1) is 17.3 Å². The topological polar surface area (TPSA) is 278 Å². The van der Waals surface area contributed by atoms with E-state index in [9.17, 15) is 38.7 Å². The zero-order valence-electron chi connectivity index (χ0n) is 44.8. The number of likely N-dealkylation sites (N-methyl/N-ethyl adjacent to an activating group) is 2. The Balaban J connectivity index is 3.00. The van der Waals surface area contributed by atoms with Crippen molar-refractivity contribution < 1.29 is 57.6 Å². The van der Waals surface area contributed by atoms with Gasteiger partial charge in [-0.3, -0.25) is 28.8 Å². The molecule has 1 rings (SSSR count). The number of rotatable bonds is 35. The summed E-state index contributed by atoms with van der Waals surface area (Å²) in [6.07, 6.45) is 2.91. The van der Waals surface area contributed by atoms with Crippen molar-refractivity contribution in [3.05, 3.63) is 41.5 Å². The Morgan fingerprint density at radius 3 is 1.87 bits per heavy atom. The van der Waals surface area contributed by atoms with E-state index in [1.54, 1.807) is 52.2 Å². The summed E-state index contributed by atoms with van der Waals surface area (Å²) in [6.45, 7) is 23.1. The average Bonchev–Trinajstić information content (AvgIpc) is 3.29. The number of aliphatic carboxylic acids is 1. The molecule has 9 N–H and O–H groups in total. The van der Waals surface area contributed by atoms with Crippen LogP contribution in [0.3, 0.4) is 0 Å². The lowest BCUT2D eigenvalue weighted by Crippen LogP contribution is -2.61. The number of nitrogens with zero attached hydrogens (tertiary/aromatic N) is 1. The molecule has 1 aromatic carbocycles. The van der Waals surface area contributed by atoms with E-state index in [4.69, 9.17) is 24.7 Å². The van der Waals surface area contributed by atoms with Crippen molar-refractivity contribution in [1.29, 1.82) is 0 Å². The number of carbonyl (C=O) groups is 7. The molecule has 20 heteroatoms. The predicted molar refractivity (Wildman–Crippen MR) is 273 cm³/mol. The Bertz CT molecular complexity index is 1870. The van der Waals surface area contributed by atoms with Crippen LogP contribution in [0.15, 0.2) is 35.9 Å². The number of nitrogens with two attached hydrogens (primary N) is 1. The lowest BCUT2D eigenvalue weighted by molar-refractivity contribution is -0.141. The summed E-state index contributed by atoms with van der Waals surface area (Å²) in [5, 5.41) is 26.6. The summed E-state index contributed by atoms with van der Waals surface area (Å²) in [4.78, 5) is 94.6. The Morgan fingerprint density at radius 1 is 0.761 bits per heavy atom.